The summed E-state index contributed by atoms with van der Waals surface area (Å²) in [6.07, 6.45) is 5.95. The predicted octanol–water partition coefficient (Wildman–Crippen LogP) is 1.95. The van der Waals surface area contributed by atoms with E-state index in [-0.39, 0.29) is 5.91 Å². The third kappa shape index (κ3) is 4.80. The van der Waals surface area contributed by atoms with Crippen LogP contribution in [0.1, 0.15) is 57.7 Å². The third-order valence-corrected chi connectivity index (χ3v) is 4.02. The van der Waals surface area contributed by atoms with E-state index < -0.39 is 0 Å². The van der Waals surface area contributed by atoms with Crippen LogP contribution in [-0.2, 0) is 17.6 Å². The first-order valence-electron chi connectivity index (χ1n) is 8.56. The molecule has 1 N–H and O–H groups in total. The first-order chi connectivity index (χ1) is 10.7. The lowest BCUT2D eigenvalue weighted by atomic mass is 10.1. The monoisotopic (exact) mass is 308 g/mol. The van der Waals surface area contributed by atoms with Gasteiger partial charge >= 0.3 is 0 Å². The molecule has 0 aliphatic carbocycles. The number of aromatic nitrogens is 2. The van der Waals surface area contributed by atoms with Crippen molar-refractivity contribution in [1.82, 2.24) is 20.4 Å². The molecule has 0 spiro atoms. The van der Waals surface area contributed by atoms with Crippen molar-refractivity contribution in [1.29, 1.82) is 0 Å². The van der Waals surface area contributed by atoms with Crippen LogP contribution < -0.4 is 5.32 Å². The third-order valence-electron chi connectivity index (χ3n) is 4.02. The zero-order chi connectivity index (χ0) is 15.8. The lowest BCUT2D eigenvalue weighted by molar-refractivity contribution is -0.133. The Morgan fingerprint density at radius 1 is 1.36 bits per heavy atom. The van der Waals surface area contributed by atoms with E-state index in [1.807, 2.05) is 0 Å². The molecule has 1 unspecified atom stereocenters. The number of aryl methyl sites for hydroxylation is 2. The molecule has 1 amide bonds. The molecule has 22 heavy (non-hydrogen) atoms. The van der Waals surface area contributed by atoms with E-state index in [0.29, 0.717) is 24.8 Å². The van der Waals surface area contributed by atoms with E-state index in [9.17, 15) is 4.79 Å². The number of hydrogen-bond donors (Lipinski definition) is 1. The van der Waals surface area contributed by atoms with Crippen molar-refractivity contribution in [2.24, 2.45) is 0 Å². The molecule has 6 heteroatoms. The molecule has 0 radical (unpaired) electrons. The van der Waals surface area contributed by atoms with Crippen LogP contribution in [-0.4, -0.2) is 46.6 Å². The van der Waals surface area contributed by atoms with Gasteiger partial charge in [-0.05, 0) is 32.2 Å². The van der Waals surface area contributed by atoms with Crippen LogP contribution in [0.15, 0.2) is 4.52 Å². The van der Waals surface area contributed by atoms with Gasteiger partial charge in [-0.25, -0.2) is 0 Å². The summed E-state index contributed by atoms with van der Waals surface area (Å²) in [6, 6.07) is 0.368. The lowest BCUT2D eigenvalue weighted by Crippen LogP contribution is -2.42. The maximum Gasteiger partial charge on any atom is 0.226 e. The molecular weight excluding hydrogens is 280 g/mol. The minimum atomic E-state index is 0.254. The molecule has 1 aliphatic heterocycles. The highest BCUT2D eigenvalue weighted by atomic mass is 16.5. The average molecular weight is 308 g/mol. The minimum Gasteiger partial charge on any atom is -0.339 e. The number of nitrogens with zero attached hydrogens (tertiary/aromatic N) is 3. The number of nitrogens with one attached hydrogen (secondary N) is 1. The number of rotatable bonds is 9. The summed E-state index contributed by atoms with van der Waals surface area (Å²) in [7, 11) is 0. The van der Waals surface area contributed by atoms with Crippen molar-refractivity contribution in [2.45, 2.75) is 64.8 Å². The Kier molecular flexibility index (Phi) is 6.83. The second kappa shape index (κ2) is 8.88. The molecule has 124 valence electrons. The van der Waals surface area contributed by atoms with Gasteiger partial charge in [0.05, 0.1) is 0 Å². The Labute approximate surface area is 132 Å². The Hall–Kier alpha value is -1.43. The van der Waals surface area contributed by atoms with Gasteiger partial charge in [-0.2, -0.15) is 4.98 Å². The smallest absolute Gasteiger partial charge is 0.226 e. The van der Waals surface area contributed by atoms with Gasteiger partial charge in [0, 0.05) is 38.4 Å². The molecule has 2 heterocycles. The fraction of sp³-hybridized carbons (Fsp3) is 0.812. The Morgan fingerprint density at radius 3 is 2.91 bits per heavy atom. The summed E-state index contributed by atoms with van der Waals surface area (Å²) < 4.78 is 5.21. The second-order valence-corrected chi connectivity index (χ2v) is 5.94. The van der Waals surface area contributed by atoms with Gasteiger partial charge in [0.2, 0.25) is 11.8 Å². The van der Waals surface area contributed by atoms with Gasteiger partial charge in [-0.3, -0.25) is 4.79 Å². The normalized spacial score (nSPS) is 17.8. The van der Waals surface area contributed by atoms with E-state index in [1.54, 1.807) is 0 Å². The SMILES string of the molecule is CCCc1noc(CCCC(=O)N(CCC)C2CCNC2)n1. The predicted molar refractivity (Wildman–Crippen MR) is 84.5 cm³/mol. The largest absolute Gasteiger partial charge is 0.339 e. The molecule has 6 nitrogen and oxygen atoms in total. The van der Waals surface area contributed by atoms with Gasteiger partial charge in [-0.15, -0.1) is 0 Å². The molecule has 1 atom stereocenters. The highest BCUT2D eigenvalue weighted by Crippen LogP contribution is 2.13. The Bertz CT molecular complexity index is 455. The van der Waals surface area contributed by atoms with Crippen molar-refractivity contribution in [3.05, 3.63) is 11.7 Å². The maximum absolute atomic E-state index is 12.4. The molecule has 2 rings (SSSR count). The van der Waals surface area contributed by atoms with E-state index >= 15 is 0 Å². The highest BCUT2D eigenvalue weighted by molar-refractivity contribution is 5.76. The van der Waals surface area contributed by atoms with Crippen LogP contribution in [0.25, 0.3) is 0 Å². The van der Waals surface area contributed by atoms with Crippen LogP contribution in [0, 0.1) is 0 Å². The number of amides is 1. The van der Waals surface area contributed by atoms with Gasteiger partial charge in [-0.1, -0.05) is 19.0 Å². The molecule has 0 saturated carbocycles. The van der Waals surface area contributed by atoms with Crippen LogP contribution in [0.4, 0.5) is 0 Å². The first kappa shape index (κ1) is 16.9. The summed E-state index contributed by atoms with van der Waals surface area (Å²) in [5.41, 5.74) is 0. The van der Waals surface area contributed by atoms with Crippen LogP contribution in [0.5, 0.6) is 0 Å². The Balaban J connectivity index is 1.77. The zero-order valence-corrected chi connectivity index (χ0v) is 13.8. The van der Waals surface area contributed by atoms with Crippen LogP contribution in [0.3, 0.4) is 0 Å². The quantitative estimate of drug-likeness (QED) is 0.755. The molecule has 0 bridgehead atoms. The second-order valence-electron chi connectivity index (χ2n) is 5.94. The zero-order valence-electron chi connectivity index (χ0n) is 13.8. The summed E-state index contributed by atoms with van der Waals surface area (Å²) in [5.74, 6) is 1.68. The van der Waals surface area contributed by atoms with Crippen molar-refractivity contribution in [3.63, 3.8) is 0 Å². The summed E-state index contributed by atoms with van der Waals surface area (Å²) in [5, 5.41) is 7.28. The molecule has 1 saturated heterocycles. The van der Waals surface area contributed by atoms with Crippen molar-refractivity contribution < 1.29 is 9.32 Å². The molecule has 1 aromatic heterocycles. The standard InChI is InChI=1S/C16H28N4O2/c1-3-6-14-18-15(22-19-14)7-5-8-16(21)20(11-4-2)13-9-10-17-12-13/h13,17H,3-12H2,1-2H3. The fourth-order valence-corrected chi connectivity index (χ4v) is 2.91. The number of hydrogen-bond acceptors (Lipinski definition) is 5. The lowest BCUT2D eigenvalue weighted by Gasteiger charge is -2.28. The van der Waals surface area contributed by atoms with Crippen LogP contribution in [0.2, 0.25) is 0 Å². The Morgan fingerprint density at radius 2 is 2.23 bits per heavy atom. The van der Waals surface area contributed by atoms with Gasteiger partial charge in [0.15, 0.2) is 5.82 Å². The summed E-state index contributed by atoms with van der Waals surface area (Å²) in [6.45, 7) is 7.01. The van der Waals surface area contributed by atoms with E-state index in [2.05, 4.69) is 34.2 Å². The number of carbonyl (C=O) groups is 1. The molecule has 0 aromatic carbocycles. The van der Waals surface area contributed by atoms with E-state index in [1.165, 1.54) is 0 Å². The van der Waals surface area contributed by atoms with Crippen molar-refractivity contribution in [3.8, 4) is 0 Å². The summed E-state index contributed by atoms with van der Waals surface area (Å²) >= 11 is 0. The topological polar surface area (TPSA) is 71.3 Å². The van der Waals surface area contributed by atoms with Crippen molar-refractivity contribution in [2.75, 3.05) is 19.6 Å². The fourth-order valence-electron chi connectivity index (χ4n) is 2.91. The number of carbonyl (C=O) groups excluding carboxylic acids is 1. The molecule has 1 fully saturated rings. The van der Waals surface area contributed by atoms with E-state index in [0.717, 1.165) is 57.6 Å². The van der Waals surface area contributed by atoms with Gasteiger partial charge in [0.1, 0.15) is 0 Å². The molecule has 1 aromatic rings. The maximum atomic E-state index is 12.4. The highest BCUT2D eigenvalue weighted by Gasteiger charge is 2.25. The van der Waals surface area contributed by atoms with E-state index in [4.69, 9.17) is 4.52 Å². The van der Waals surface area contributed by atoms with Gasteiger partial charge < -0.3 is 14.7 Å². The average Bonchev–Trinajstić information content (AvgIpc) is 3.17. The van der Waals surface area contributed by atoms with Gasteiger partial charge in [0.25, 0.3) is 0 Å². The minimum absolute atomic E-state index is 0.254. The van der Waals surface area contributed by atoms with Crippen molar-refractivity contribution >= 4 is 5.91 Å². The molecule has 1 aliphatic rings. The van der Waals surface area contributed by atoms with Crippen LogP contribution >= 0.6 is 0 Å². The first-order valence-corrected chi connectivity index (χ1v) is 8.56. The molecular formula is C16H28N4O2. The summed E-state index contributed by atoms with van der Waals surface area (Å²) in [4.78, 5) is 18.8.